The third-order valence-electron chi connectivity index (χ3n) is 4.83. The average Bonchev–Trinajstić information content (AvgIpc) is 3.08. The lowest BCUT2D eigenvalue weighted by Gasteiger charge is -2.19. The van der Waals surface area contributed by atoms with E-state index in [0.29, 0.717) is 13.0 Å². The molecular formula is C19H24N5O3S+. The van der Waals surface area contributed by atoms with Crippen molar-refractivity contribution < 1.29 is 9.69 Å². The standard InChI is InChI=1S/C19H23N5O3S/c1-4-9-24-16(20)15(17(26)22-19(24)27)13(25)10-23(3)11(2)18-21-12-7-5-6-8-14(12)28-18/h5-8,11H,4,9-10,20H2,1-3H3,(H,22,26,27)/p+1/t11-/m0/s1. The summed E-state index contributed by atoms with van der Waals surface area (Å²) in [4.78, 5) is 44.7. The number of anilines is 1. The van der Waals surface area contributed by atoms with E-state index >= 15 is 0 Å². The van der Waals surface area contributed by atoms with Crippen molar-refractivity contribution in [3.8, 4) is 0 Å². The van der Waals surface area contributed by atoms with Crippen LogP contribution in [0.15, 0.2) is 33.9 Å². The lowest BCUT2D eigenvalue weighted by Crippen LogP contribution is -3.10. The molecule has 3 rings (SSSR count). The van der Waals surface area contributed by atoms with Crippen LogP contribution in [0.3, 0.4) is 0 Å². The van der Waals surface area contributed by atoms with E-state index in [1.807, 2.05) is 45.2 Å². The van der Waals surface area contributed by atoms with Gasteiger partial charge in [-0.25, -0.2) is 9.78 Å². The maximum Gasteiger partial charge on any atom is 0.329 e. The maximum atomic E-state index is 12.8. The number of nitrogens with zero attached hydrogens (tertiary/aromatic N) is 2. The van der Waals surface area contributed by atoms with Crippen LogP contribution in [0.1, 0.15) is 41.7 Å². The van der Waals surface area contributed by atoms with Crippen molar-refractivity contribution >= 4 is 33.2 Å². The number of carbonyl (C=O) groups is 1. The number of ketones is 1. The minimum absolute atomic E-state index is 0.0387. The minimum atomic E-state index is -0.736. The number of carbonyl (C=O) groups excluding carboxylic acids is 1. The second-order valence-corrected chi connectivity index (χ2v) is 7.92. The third kappa shape index (κ3) is 3.76. The van der Waals surface area contributed by atoms with Crippen molar-refractivity contribution in [2.24, 2.45) is 0 Å². The van der Waals surface area contributed by atoms with Gasteiger partial charge in [0.15, 0.2) is 5.01 Å². The number of rotatable bonds is 7. The molecule has 28 heavy (non-hydrogen) atoms. The predicted molar refractivity (Wildman–Crippen MR) is 110 cm³/mol. The highest BCUT2D eigenvalue weighted by Gasteiger charge is 2.26. The number of quaternary nitrogens is 1. The molecule has 0 saturated carbocycles. The highest BCUT2D eigenvalue weighted by molar-refractivity contribution is 7.18. The first kappa shape index (κ1) is 20.0. The largest absolute Gasteiger partial charge is 0.384 e. The first-order chi connectivity index (χ1) is 13.3. The molecule has 0 aliphatic rings. The summed E-state index contributed by atoms with van der Waals surface area (Å²) >= 11 is 1.59. The molecule has 0 aliphatic carbocycles. The molecule has 0 spiro atoms. The Morgan fingerprint density at radius 2 is 2.07 bits per heavy atom. The van der Waals surface area contributed by atoms with E-state index in [1.54, 1.807) is 11.3 Å². The highest BCUT2D eigenvalue weighted by atomic mass is 32.1. The first-order valence-corrected chi connectivity index (χ1v) is 9.98. The SMILES string of the molecule is CCCn1c(N)c(C(=O)C[NH+](C)[C@@H](C)c2nc3ccccc3s2)c(=O)[nH]c1=O. The molecule has 2 heterocycles. The van der Waals surface area contributed by atoms with Crippen molar-refractivity contribution in [1.82, 2.24) is 14.5 Å². The summed E-state index contributed by atoms with van der Waals surface area (Å²) in [6.07, 6.45) is 0.656. The number of benzene rings is 1. The van der Waals surface area contributed by atoms with E-state index in [0.717, 1.165) is 20.1 Å². The van der Waals surface area contributed by atoms with Crippen LogP contribution in [0, 0.1) is 0 Å². The monoisotopic (exact) mass is 402 g/mol. The summed E-state index contributed by atoms with van der Waals surface area (Å²) in [5.41, 5.74) is 5.44. The average molecular weight is 403 g/mol. The van der Waals surface area contributed by atoms with Gasteiger partial charge in [-0.2, -0.15) is 0 Å². The number of thiazole rings is 1. The third-order valence-corrected chi connectivity index (χ3v) is 6.04. The number of fused-ring (bicyclic) bond motifs is 1. The summed E-state index contributed by atoms with van der Waals surface area (Å²) in [5.74, 6) is -0.463. The summed E-state index contributed by atoms with van der Waals surface area (Å²) in [7, 11) is 1.88. The van der Waals surface area contributed by atoms with Crippen LogP contribution in [-0.4, -0.2) is 33.9 Å². The van der Waals surface area contributed by atoms with Gasteiger partial charge < -0.3 is 10.6 Å². The van der Waals surface area contributed by atoms with Gasteiger partial charge in [-0.1, -0.05) is 19.1 Å². The number of H-pyrrole nitrogens is 1. The maximum absolute atomic E-state index is 12.8. The Hall–Kier alpha value is -2.78. The lowest BCUT2D eigenvalue weighted by atomic mass is 10.1. The van der Waals surface area contributed by atoms with Crippen molar-refractivity contribution in [2.75, 3.05) is 19.3 Å². The first-order valence-electron chi connectivity index (χ1n) is 9.17. The van der Waals surface area contributed by atoms with E-state index in [4.69, 9.17) is 5.73 Å². The molecule has 1 unspecified atom stereocenters. The summed E-state index contributed by atoms with van der Waals surface area (Å²) < 4.78 is 2.33. The fourth-order valence-electron chi connectivity index (χ4n) is 3.08. The molecule has 9 heteroatoms. The van der Waals surface area contributed by atoms with Gasteiger partial charge >= 0.3 is 5.69 Å². The number of hydrogen-bond donors (Lipinski definition) is 3. The van der Waals surface area contributed by atoms with Crippen LogP contribution < -0.4 is 21.9 Å². The van der Waals surface area contributed by atoms with E-state index in [1.165, 1.54) is 4.57 Å². The number of aromatic nitrogens is 3. The van der Waals surface area contributed by atoms with Crippen molar-refractivity contribution in [2.45, 2.75) is 32.9 Å². The Morgan fingerprint density at radius 1 is 1.36 bits per heavy atom. The Bertz CT molecular complexity index is 1100. The van der Waals surface area contributed by atoms with Crippen LogP contribution in [0.4, 0.5) is 5.82 Å². The van der Waals surface area contributed by atoms with E-state index in [-0.39, 0.29) is 24.0 Å². The van der Waals surface area contributed by atoms with Gasteiger partial charge in [0.25, 0.3) is 5.56 Å². The topological polar surface area (TPSA) is 115 Å². The number of Topliss-reactive ketones (excluding diaryl/α,β-unsaturated/α-hetero) is 1. The zero-order chi connectivity index (χ0) is 20.4. The van der Waals surface area contributed by atoms with Crippen LogP contribution in [0.25, 0.3) is 10.2 Å². The zero-order valence-electron chi connectivity index (χ0n) is 16.1. The Balaban J connectivity index is 1.85. The summed E-state index contributed by atoms with van der Waals surface area (Å²) in [6.45, 7) is 4.28. The number of aromatic amines is 1. The second-order valence-electron chi connectivity index (χ2n) is 6.86. The second kappa shape index (κ2) is 8.07. The molecule has 1 aromatic carbocycles. The molecule has 0 bridgehead atoms. The van der Waals surface area contributed by atoms with Gasteiger partial charge in [-0.05, 0) is 25.5 Å². The lowest BCUT2D eigenvalue weighted by molar-refractivity contribution is -0.901. The molecule has 0 radical (unpaired) electrons. The predicted octanol–water partition coefficient (Wildman–Crippen LogP) is 0.597. The van der Waals surface area contributed by atoms with Crippen molar-refractivity contribution in [3.63, 3.8) is 0 Å². The quantitative estimate of drug-likeness (QED) is 0.501. The number of hydrogen-bond acceptors (Lipinski definition) is 6. The molecule has 4 N–H and O–H groups in total. The smallest absolute Gasteiger partial charge is 0.329 e. The van der Waals surface area contributed by atoms with Crippen LogP contribution in [0.2, 0.25) is 0 Å². The van der Waals surface area contributed by atoms with Crippen LogP contribution in [0.5, 0.6) is 0 Å². The van der Waals surface area contributed by atoms with Gasteiger partial charge in [0, 0.05) is 6.54 Å². The Morgan fingerprint density at radius 3 is 2.75 bits per heavy atom. The normalized spacial score (nSPS) is 13.5. The number of nitrogens with one attached hydrogen (secondary N) is 2. The van der Waals surface area contributed by atoms with E-state index < -0.39 is 17.0 Å². The molecule has 3 aromatic rings. The van der Waals surface area contributed by atoms with Crippen LogP contribution in [-0.2, 0) is 6.54 Å². The number of para-hydroxylation sites is 1. The van der Waals surface area contributed by atoms with Gasteiger partial charge in [0.2, 0.25) is 5.78 Å². The summed E-state index contributed by atoms with van der Waals surface area (Å²) in [5, 5.41) is 0.921. The molecule has 8 nitrogen and oxygen atoms in total. The molecule has 0 saturated heterocycles. The highest BCUT2D eigenvalue weighted by Crippen LogP contribution is 2.24. The fraction of sp³-hybridized carbons (Fsp3) is 0.368. The summed E-state index contributed by atoms with van der Waals surface area (Å²) in [6, 6.07) is 7.84. The zero-order valence-corrected chi connectivity index (χ0v) is 16.9. The molecule has 148 valence electrons. The molecule has 0 fully saturated rings. The molecule has 2 aromatic heterocycles. The van der Waals surface area contributed by atoms with Crippen LogP contribution >= 0.6 is 11.3 Å². The Kier molecular flexibility index (Phi) is 5.76. The Labute approximate surface area is 165 Å². The number of nitrogens with two attached hydrogens (primary N) is 1. The van der Waals surface area contributed by atoms with Gasteiger partial charge in [-0.3, -0.25) is 19.1 Å². The van der Waals surface area contributed by atoms with Crippen molar-refractivity contribution in [1.29, 1.82) is 0 Å². The molecule has 2 atom stereocenters. The van der Waals surface area contributed by atoms with Gasteiger partial charge in [0.1, 0.15) is 24.0 Å². The van der Waals surface area contributed by atoms with Crippen molar-refractivity contribution in [3.05, 3.63) is 55.7 Å². The van der Waals surface area contributed by atoms with E-state index in [2.05, 4.69) is 9.97 Å². The number of likely N-dealkylation sites (N-methyl/N-ethyl adjacent to an activating group) is 1. The van der Waals surface area contributed by atoms with Gasteiger partial charge in [0.05, 0.1) is 17.3 Å². The van der Waals surface area contributed by atoms with E-state index in [9.17, 15) is 14.4 Å². The molecular weight excluding hydrogens is 378 g/mol. The molecule has 0 aliphatic heterocycles. The number of nitrogen functional groups attached to an aromatic ring is 1. The minimum Gasteiger partial charge on any atom is -0.384 e. The molecule has 0 amide bonds. The fourth-order valence-corrected chi connectivity index (χ4v) is 4.20. The van der Waals surface area contributed by atoms with Gasteiger partial charge in [-0.15, -0.1) is 11.3 Å².